The molecule has 0 aromatic rings. The highest BCUT2D eigenvalue weighted by Crippen LogP contribution is 2.11. The van der Waals surface area contributed by atoms with Crippen molar-refractivity contribution in [1.82, 2.24) is 5.32 Å². The summed E-state index contributed by atoms with van der Waals surface area (Å²) >= 11 is 0. The van der Waals surface area contributed by atoms with Gasteiger partial charge >= 0.3 is 0 Å². The molecule has 0 bridgehead atoms. The molecule has 0 amide bonds. The maximum Gasteiger partial charge on any atom is 0.0726 e. The molecule has 2 atom stereocenters. The maximum atomic E-state index is 5.69. The topological polar surface area (TPSA) is 21.3 Å². The number of hydrogen-bond donors (Lipinski definition) is 1. The lowest BCUT2D eigenvalue weighted by molar-refractivity contribution is -0.0494. The van der Waals surface area contributed by atoms with E-state index in [1.807, 2.05) is 0 Å². The van der Waals surface area contributed by atoms with Gasteiger partial charge in [0.15, 0.2) is 0 Å². The highest BCUT2D eigenvalue weighted by atomic mass is 16.5. The Balaban J connectivity index is 2.32. The molecule has 2 heteroatoms. The van der Waals surface area contributed by atoms with Gasteiger partial charge in [0.2, 0.25) is 0 Å². The van der Waals surface area contributed by atoms with E-state index in [0.717, 1.165) is 13.1 Å². The Bertz CT molecular complexity index is 103. The quantitative estimate of drug-likeness (QED) is 0.591. The molecule has 2 nitrogen and oxygen atoms in total. The predicted molar refractivity (Wildman–Crippen MR) is 42.0 cm³/mol. The SMILES string of the molecule is CC(C)[C@@H]1CNC[C@H](C)O1. The van der Waals surface area contributed by atoms with Crippen LogP contribution in [0.15, 0.2) is 0 Å². The van der Waals surface area contributed by atoms with Crippen LogP contribution in [0, 0.1) is 5.92 Å². The first-order valence-corrected chi connectivity index (χ1v) is 4.06. The lowest BCUT2D eigenvalue weighted by Crippen LogP contribution is -2.45. The van der Waals surface area contributed by atoms with E-state index in [4.69, 9.17) is 4.74 Å². The van der Waals surface area contributed by atoms with Crippen LogP contribution in [0.4, 0.5) is 0 Å². The fourth-order valence-electron chi connectivity index (χ4n) is 1.22. The second-order valence-electron chi connectivity index (χ2n) is 3.39. The Kier molecular flexibility index (Phi) is 2.69. The number of ether oxygens (including phenoxy) is 1. The van der Waals surface area contributed by atoms with Gasteiger partial charge in [-0.1, -0.05) is 13.8 Å². The molecule has 1 heterocycles. The van der Waals surface area contributed by atoms with Crippen LogP contribution >= 0.6 is 0 Å². The Morgan fingerprint density at radius 2 is 2.10 bits per heavy atom. The minimum atomic E-state index is 0.390. The normalized spacial score (nSPS) is 34.8. The van der Waals surface area contributed by atoms with E-state index in [2.05, 4.69) is 26.1 Å². The summed E-state index contributed by atoms with van der Waals surface area (Å²) < 4.78 is 5.69. The highest BCUT2D eigenvalue weighted by molar-refractivity contribution is 4.73. The third kappa shape index (κ3) is 1.96. The van der Waals surface area contributed by atoms with Crippen LogP contribution in [-0.4, -0.2) is 25.3 Å². The minimum absolute atomic E-state index is 0.390. The molecule has 1 saturated heterocycles. The van der Waals surface area contributed by atoms with Crippen molar-refractivity contribution >= 4 is 0 Å². The summed E-state index contributed by atoms with van der Waals surface area (Å²) in [6, 6.07) is 0. The van der Waals surface area contributed by atoms with Crippen LogP contribution in [0.1, 0.15) is 20.8 Å². The molecular weight excluding hydrogens is 126 g/mol. The van der Waals surface area contributed by atoms with Crippen molar-refractivity contribution in [3.05, 3.63) is 0 Å². The first-order chi connectivity index (χ1) is 4.70. The third-order valence-electron chi connectivity index (χ3n) is 1.93. The van der Waals surface area contributed by atoms with E-state index in [9.17, 15) is 0 Å². The Morgan fingerprint density at radius 3 is 2.50 bits per heavy atom. The summed E-state index contributed by atoms with van der Waals surface area (Å²) in [5, 5.41) is 3.34. The largest absolute Gasteiger partial charge is 0.372 e. The standard InChI is InChI=1S/C8H17NO/c1-6(2)8-5-9-4-7(3)10-8/h6-9H,4-5H2,1-3H3/t7-,8-/m0/s1. The van der Waals surface area contributed by atoms with Crippen LogP contribution in [0.3, 0.4) is 0 Å². The van der Waals surface area contributed by atoms with E-state index in [1.54, 1.807) is 0 Å². The molecule has 0 aromatic carbocycles. The van der Waals surface area contributed by atoms with Crippen molar-refractivity contribution in [1.29, 1.82) is 0 Å². The van der Waals surface area contributed by atoms with Crippen LogP contribution in [-0.2, 0) is 4.74 Å². The van der Waals surface area contributed by atoms with Gasteiger partial charge in [-0.3, -0.25) is 0 Å². The van der Waals surface area contributed by atoms with E-state index < -0.39 is 0 Å². The Hall–Kier alpha value is -0.0800. The van der Waals surface area contributed by atoms with Crippen LogP contribution in [0.25, 0.3) is 0 Å². The zero-order valence-electron chi connectivity index (χ0n) is 7.05. The third-order valence-corrected chi connectivity index (χ3v) is 1.93. The molecule has 0 unspecified atom stereocenters. The number of nitrogens with one attached hydrogen (secondary N) is 1. The van der Waals surface area contributed by atoms with Gasteiger partial charge in [-0.25, -0.2) is 0 Å². The van der Waals surface area contributed by atoms with Crippen molar-refractivity contribution < 1.29 is 4.74 Å². The average Bonchev–Trinajstić information content (AvgIpc) is 1.88. The van der Waals surface area contributed by atoms with E-state index in [-0.39, 0.29) is 0 Å². The smallest absolute Gasteiger partial charge is 0.0726 e. The maximum absolute atomic E-state index is 5.69. The van der Waals surface area contributed by atoms with Crippen molar-refractivity contribution in [2.24, 2.45) is 5.92 Å². The molecule has 0 radical (unpaired) electrons. The minimum Gasteiger partial charge on any atom is -0.372 e. The number of rotatable bonds is 1. The van der Waals surface area contributed by atoms with Gasteiger partial charge in [0, 0.05) is 13.1 Å². The number of hydrogen-bond acceptors (Lipinski definition) is 2. The van der Waals surface area contributed by atoms with Crippen LogP contribution in [0.2, 0.25) is 0 Å². The van der Waals surface area contributed by atoms with Gasteiger partial charge in [-0.15, -0.1) is 0 Å². The number of morpholine rings is 1. The highest BCUT2D eigenvalue weighted by Gasteiger charge is 2.20. The molecule has 0 aliphatic carbocycles. The van der Waals surface area contributed by atoms with Gasteiger partial charge in [0.1, 0.15) is 0 Å². The predicted octanol–water partition coefficient (Wildman–Crippen LogP) is 1.02. The van der Waals surface area contributed by atoms with Crippen molar-refractivity contribution in [3.63, 3.8) is 0 Å². The summed E-state index contributed by atoms with van der Waals surface area (Å²) in [6.07, 6.45) is 0.810. The molecule has 1 aliphatic heterocycles. The average molecular weight is 143 g/mol. The summed E-state index contributed by atoms with van der Waals surface area (Å²) in [5.41, 5.74) is 0. The summed E-state index contributed by atoms with van der Waals surface area (Å²) in [4.78, 5) is 0. The fraction of sp³-hybridized carbons (Fsp3) is 1.00. The van der Waals surface area contributed by atoms with Crippen molar-refractivity contribution in [2.75, 3.05) is 13.1 Å². The zero-order valence-corrected chi connectivity index (χ0v) is 7.05. The molecule has 1 aliphatic rings. The molecule has 10 heavy (non-hydrogen) atoms. The molecule has 0 aromatic heterocycles. The molecule has 0 saturated carbocycles. The van der Waals surface area contributed by atoms with Gasteiger partial charge in [0.05, 0.1) is 12.2 Å². The fourth-order valence-corrected chi connectivity index (χ4v) is 1.22. The second-order valence-corrected chi connectivity index (χ2v) is 3.39. The van der Waals surface area contributed by atoms with E-state index in [1.165, 1.54) is 0 Å². The van der Waals surface area contributed by atoms with Gasteiger partial charge in [0.25, 0.3) is 0 Å². The first-order valence-electron chi connectivity index (χ1n) is 4.06. The van der Waals surface area contributed by atoms with Crippen molar-refractivity contribution in [2.45, 2.75) is 33.0 Å². The molecular formula is C8H17NO. The van der Waals surface area contributed by atoms with E-state index >= 15 is 0 Å². The first kappa shape index (κ1) is 8.02. The van der Waals surface area contributed by atoms with Crippen molar-refractivity contribution in [3.8, 4) is 0 Å². The lowest BCUT2D eigenvalue weighted by atomic mass is 10.1. The van der Waals surface area contributed by atoms with Gasteiger partial charge in [-0.2, -0.15) is 0 Å². The zero-order chi connectivity index (χ0) is 7.56. The molecule has 60 valence electrons. The summed E-state index contributed by atoms with van der Waals surface area (Å²) in [7, 11) is 0. The van der Waals surface area contributed by atoms with E-state index in [0.29, 0.717) is 18.1 Å². The molecule has 1 N–H and O–H groups in total. The van der Waals surface area contributed by atoms with Crippen LogP contribution < -0.4 is 5.32 Å². The van der Waals surface area contributed by atoms with Crippen LogP contribution in [0.5, 0.6) is 0 Å². The molecule has 1 rings (SSSR count). The Morgan fingerprint density at radius 1 is 1.40 bits per heavy atom. The monoisotopic (exact) mass is 143 g/mol. The molecule has 1 fully saturated rings. The second kappa shape index (κ2) is 3.35. The molecule has 0 spiro atoms. The summed E-state index contributed by atoms with van der Waals surface area (Å²) in [5.74, 6) is 0.634. The van der Waals surface area contributed by atoms with Gasteiger partial charge in [-0.05, 0) is 12.8 Å². The summed E-state index contributed by atoms with van der Waals surface area (Å²) in [6.45, 7) is 8.53. The Labute approximate surface area is 63.0 Å². The van der Waals surface area contributed by atoms with Gasteiger partial charge < -0.3 is 10.1 Å². The lowest BCUT2D eigenvalue weighted by Gasteiger charge is -2.31.